The Balaban J connectivity index is 1.71. The SMILES string of the molecule is CNC1CCC2(CCCO2)CC1N1CCC(F)C1. The summed E-state index contributed by atoms with van der Waals surface area (Å²) in [5.41, 5.74) is 0.117. The largest absolute Gasteiger partial charge is 0.375 e. The zero-order valence-electron chi connectivity index (χ0n) is 11.3. The Hall–Kier alpha value is -0.190. The number of nitrogens with zero attached hydrogens (tertiary/aromatic N) is 1. The number of halogens is 1. The molecule has 3 fully saturated rings. The summed E-state index contributed by atoms with van der Waals surface area (Å²) in [5.74, 6) is 0. The lowest BCUT2D eigenvalue weighted by molar-refractivity contribution is -0.0573. The van der Waals surface area contributed by atoms with E-state index < -0.39 is 6.17 Å². The molecule has 0 aromatic heterocycles. The molecular formula is C14H25FN2O. The number of likely N-dealkylation sites (N-methyl/N-ethyl adjacent to an activating group) is 1. The molecule has 1 saturated carbocycles. The van der Waals surface area contributed by atoms with Crippen molar-refractivity contribution in [3.8, 4) is 0 Å². The molecule has 2 heterocycles. The minimum Gasteiger partial charge on any atom is -0.375 e. The Kier molecular flexibility index (Phi) is 3.61. The highest BCUT2D eigenvalue weighted by molar-refractivity contribution is 5.01. The van der Waals surface area contributed by atoms with Gasteiger partial charge in [-0.1, -0.05) is 0 Å². The molecule has 1 spiro atoms. The van der Waals surface area contributed by atoms with E-state index in [0.29, 0.717) is 25.0 Å². The van der Waals surface area contributed by atoms with E-state index in [2.05, 4.69) is 10.2 Å². The van der Waals surface area contributed by atoms with Gasteiger partial charge in [0.25, 0.3) is 0 Å². The van der Waals surface area contributed by atoms with Crippen molar-refractivity contribution in [1.82, 2.24) is 10.2 Å². The summed E-state index contributed by atoms with van der Waals surface area (Å²) < 4.78 is 19.5. The van der Waals surface area contributed by atoms with E-state index in [1.165, 1.54) is 19.3 Å². The van der Waals surface area contributed by atoms with Crippen molar-refractivity contribution >= 4 is 0 Å². The van der Waals surface area contributed by atoms with Gasteiger partial charge in [-0.2, -0.15) is 0 Å². The van der Waals surface area contributed by atoms with Crippen LogP contribution in [0.5, 0.6) is 0 Å². The first-order valence-corrected chi connectivity index (χ1v) is 7.42. The third-order valence-electron chi connectivity index (χ3n) is 5.14. The Morgan fingerprint density at radius 1 is 1.33 bits per heavy atom. The second-order valence-corrected chi connectivity index (χ2v) is 6.22. The number of likely N-dealkylation sites (tertiary alicyclic amines) is 1. The maximum atomic E-state index is 13.4. The zero-order chi connectivity index (χ0) is 12.6. The smallest absolute Gasteiger partial charge is 0.114 e. The molecule has 0 aromatic carbocycles. The molecule has 4 heteroatoms. The number of nitrogens with one attached hydrogen (secondary N) is 1. The molecule has 0 aromatic rings. The lowest BCUT2D eigenvalue weighted by Crippen LogP contribution is -2.56. The van der Waals surface area contributed by atoms with Crippen LogP contribution in [-0.2, 0) is 4.74 Å². The van der Waals surface area contributed by atoms with Crippen molar-refractivity contribution in [1.29, 1.82) is 0 Å². The van der Waals surface area contributed by atoms with Crippen molar-refractivity contribution in [3.63, 3.8) is 0 Å². The van der Waals surface area contributed by atoms with Gasteiger partial charge in [0.15, 0.2) is 0 Å². The van der Waals surface area contributed by atoms with Crippen LogP contribution in [0.2, 0.25) is 0 Å². The van der Waals surface area contributed by atoms with Gasteiger partial charge >= 0.3 is 0 Å². The summed E-state index contributed by atoms with van der Waals surface area (Å²) in [6.45, 7) is 2.46. The number of rotatable bonds is 2. The molecule has 4 unspecified atom stereocenters. The number of ether oxygens (including phenoxy) is 1. The molecule has 4 atom stereocenters. The average molecular weight is 256 g/mol. The van der Waals surface area contributed by atoms with Crippen LogP contribution in [0, 0.1) is 0 Å². The molecule has 0 bridgehead atoms. The lowest BCUT2D eigenvalue weighted by atomic mass is 9.77. The summed E-state index contributed by atoms with van der Waals surface area (Å²) in [6.07, 6.45) is 5.91. The highest BCUT2D eigenvalue weighted by Gasteiger charge is 2.46. The molecular weight excluding hydrogens is 231 g/mol. The van der Waals surface area contributed by atoms with Crippen molar-refractivity contribution < 1.29 is 9.13 Å². The van der Waals surface area contributed by atoms with Crippen LogP contribution in [0.1, 0.15) is 38.5 Å². The molecule has 0 amide bonds. The standard InChI is InChI=1S/C14H25FN2O/c1-16-12-3-6-14(5-2-8-18-14)9-13(12)17-7-4-11(15)10-17/h11-13,16H,2-10H2,1H3. The summed E-state index contributed by atoms with van der Waals surface area (Å²) in [7, 11) is 2.04. The van der Waals surface area contributed by atoms with Gasteiger partial charge in [0.1, 0.15) is 6.17 Å². The molecule has 2 aliphatic heterocycles. The van der Waals surface area contributed by atoms with Crippen molar-refractivity contribution in [3.05, 3.63) is 0 Å². The molecule has 2 saturated heterocycles. The maximum Gasteiger partial charge on any atom is 0.114 e. The van der Waals surface area contributed by atoms with Gasteiger partial charge in [0.05, 0.1) is 5.60 Å². The van der Waals surface area contributed by atoms with Crippen LogP contribution < -0.4 is 5.32 Å². The maximum absolute atomic E-state index is 13.4. The van der Waals surface area contributed by atoms with Crippen LogP contribution >= 0.6 is 0 Å². The third-order valence-corrected chi connectivity index (χ3v) is 5.14. The van der Waals surface area contributed by atoms with E-state index in [4.69, 9.17) is 4.74 Å². The molecule has 3 aliphatic rings. The molecule has 18 heavy (non-hydrogen) atoms. The molecule has 104 valence electrons. The van der Waals surface area contributed by atoms with Gasteiger partial charge in [-0.25, -0.2) is 4.39 Å². The van der Waals surface area contributed by atoms with Gasteiger partial charge in [-0.3, -0.25) is 4.90 Å². The fourth-order valence-corrected chi connectivity index (χ4v) is 4.11. The van der Waals surface area contributed by atoms with E-state index in [-0.39, 0.29) is 5.60 Å². The number of hydrogen-bond acceptors (Lipinski definition) is 3. The number of alkyl halides is 1. The van der Waals surface area contributed by atoms with E-state index in [1.807, 2.05) is 7.05 Å². The highest BCUT2D eigenvalue weighted by Crippen LogP contribution is 2.41. The summed E-state index contributed by atoms with van der Waals surface area (Å²) in [5, 5.41) is 3.43. The van der Waals surface area contributed by atoms with Crippen molar-refractivity contribution in [2.75, 3.05) is 26.7 Å². The topological polar surface area (TPSA) is 24.5 Å². The Morgan fingerprint density at radius 3 is 2.83 bits per heavy atom. The van der Waals surface area contributed by atoms with Crippen LogP contribution in [0.3, 0.4) is 0 Å². The zero-order valence-corrected chi connectivity index (χ0v) is 11.3. The van der Waals surface area contributed by atoms with Crippen molar-refractivity contribution in [2.45, 2.75) is 62.4 Å². The van der Waals surface area contributed by atoms with Crippen LogP contribution in [0.4, 0.5) is 4.39 Å². The minimum atomic E-state index is -0.620. The third kappa shape index (κ3) is 2.30. The van der Waals surface area contributed by atoms with Gasteiger partial charge in [0.2, 0.25) is 0 Å². The second kappa shape index (κ2) is 5.06. The first-order valence-electron chi connectivity index (χ1n) is 7.42. The first kappa shape index (κ1) is 12.8. The second-order valence-electron chi connectivity index (χ2n) is 6.22. The predicted molar refractivity (Wildman–Crippen MR) is 69.5 cm³/mol. The van der Waals surface area contributed by atoms with Crippen molar-refractivity contribution in [2.24, 2.45) is 0 Å². The average Bonchev–Trinajstić information content (AvgIpc) is 2.99. The molecule has 3 rings (SSSR count). The van der Waals surface area contributed by atoms with Crippen LogP contribution in [-0.4, -0.2) is 55.5 Å². The van der Waals surface area contributed by atoms with Gasteiger partial charge < -0.3 is 10.1 Å². The fourth-order valence-electron chi connectivity index (χ4n) is 4.11. The first-order chi connectivity index (χ1) is 8.72. The lowest BCUT2D eigenvalue weighted by Gasteiger charge is -2.45. The quantitative estimate of drug-likeness (QED) is 0.814. The fraction of sp³-hybridized carbons (Fsp3) is 1.00. The minimum absolute atomic E-state index is 0.117. The molecule has 0 radical (unpaired) electrons. The Morgan fingerprint density at radius 2 is 2.22 bits per heavy atom. The molecule has 3 nitrogen and oxygen atoms in total. The Labute approximate surface area is 109 Å². The van der Waals surface area contributed by atoms with Gasteiger partial charge in [-0.15, -0.1) is 0 Å². The van der Waals surface area contributed by atoms with Crippen LogP contribution in [0.25, 0.3) is 0 Å². The monoisotopic (exact) mass is 256 g/mol. The van der Waals surface area contributed by atoms with Gasteiger partial charge in [-0.05, 0) is 45.6 Å². The molecule has 1 N–H and O–H groups in total. The molecule has 1 aliphatic carbocycles. The summed E-state index contributed by atoms with van der Waals surface area (Å²) in [4.78, 5) is 2.36. The summed E-state index contributed by atoms with van der Waals surface area (Å²) >= 11 is 0. The van der Waals surface area contributed by atoms with E-state index in [0.717, 1.165) is 26.0 Å². The normalized spacial score (nSPS) is 46.0. The summed E-state index contributed by atoms with van der Waals surface area (Å²) in [6, 6.07) is 0.965. The van der Waals surface area contributed by atoms with Gasteiger partial charge in [0, 0.05) is 31.8 Å². The van der Waals surface area contributed by atoms with E-state index in [9.17, 15) is 4.39 Å². The van der Waals surface area contributed by atoms with E-state index >= 15 is 0 Å². The van der Waals surface area contributed by atoms with Crippen LogP contribution in [0.15, 0.2) is 0 Å². The predicted octanol–water partition coefficient (Wildman–Crippen LogP) is 1.72. The number of hydrogen-bond donors (Lipinski definition) is 1. The highest BCUT2D eigenvalue weighted by atomic mass is 19.1. The van der Waals surface area contributed by atoms with E-state index in [1.54, 1.807) is 0 Å². The Bertz CT molecular complexity index is 294.